The summed E-state index contributed by atoms with van der Waals surface area (Å²) in [6.07, 6.45) is 0. The lowest BCUT2D eigenvalue weighted by Crippen LogP contribution is -2.13. The van der Waals surface area contributed by atoms with E-state index in [4.69, 9.17) is 4.74 Å². The topological polar surface area (TPSA) is 125 Å². The Balaban J connectivity index is 2.32. The molecule has 1 amide bonds. The molecule has 0 aliphatic carbocycles. The van der Waals surface area contributed by atoms with E-state index >= 15 is 0 Å². The second-order valence-electron chi connectivity index (χ2n) is 4.60. The minimum Gasteiger partial charge on any atom is -0.487 e. The van der Waals surface area contributed by atoms with Gasteiger partial charge in [-0.15, -0.1) is 0 Å². The summed E-state index contributed by atoms with van der Waals surface area (Å²) in [5.41, 5.74) is -0.634. The highest BCUT2D eigenvalue weighted by Crippen LogP contribution is 2.29. The number of amides is 1. The number of nitrogens with zero attached hydrogens (tertiary/aromatic N) is 2. The second-order valence-corrected chi connectivity index (χ2v) is 4.60. The smallest absolute Gasteiger partial charge is 0.311 e. The summed E-state index contributed by atoms with van der Waals surface area (Å²) in [4.78, 5) is 33.0. The standard InChI is InChI=1S/C15H13N3O6/c1-2-24-14-8-7-10(9-13(14)18(22)23)15(19)16-11-5-3-4-6-12(11)17(20)21/h3-9H,2H2,1H3,(H,16,19). The summed E-state index contributed by atoms with van der Waals surface area (Å²) in [5, 5.41) is 24.4. The maximum atomic E-state index is 12.2. The van der Waals surface area contributed by atoms with Crippen molar-refractivity contribution in [3.8, 4) is 5.75 Å². The lowest BCUT2D eigenvalue weighted by Gasteiger charge is -2.08. The Kier molecular flexibility index (Phi) is 5.05. The maximum absolute atomic E-state index is 12.2. The van der Waals surface area contributed by atoms with Crippen LogP contribution < -0.4 is 10.1 Å². The third kappa shape index (κ3) is 3.64. The van der Waals surface area contributed by atoms with E-state index in [1.165, 1.54) is 36.4 Å². The number of nitro benzene ring substituents is 2. The Morgan fingerprint density at radius 1 is 1.08 bits per heavy atom. The van der Waals surface area contributed by atoms with Crippen LogP contribution in [0.3, 0.4) is 0 Å². The van der Waals surface area contributed by atoms with Crippen LogP contribution in [0.5, 0.6) is 5.75 Å². The molecule has 0 saturated heterocycles. The van der Waals surface area contributed by atoms with Crippen molar-refractivity contribution in [3.63, 3.8) is 0 Å². The van der Waals surface area contributed by atoms with Gasteiger partial charge in [0.15, 0.2) is 5.75 Å². The summed E-state index contributed by atoms with van der Waals surface area (Å²) < 4.78 is 5.14. The zero-order valence-electron chi connectivity index (χ0n) is 12.6. The molecule has 0 aliphatic heterocycles. The lowest BCUT2D eigenvalue weighted by atomic mass is 10.1. The van der Waals surface area contributed by atoms with Crippen LogP contribution >= 0.6 is 0 Å². The van der Waals surface area contributed by atoms with Gasteiger partial charge in [-0.25, -0.2) is 0 Å². The number of benzene rings is 2. The van der Waals surface area contributed by atoms with E-state index in [1.807, 2.05) is 0 Å². The molecule has 0 saturated carbocycles. The van der Waals surface area contributed by atoms with Crippen LogP contribution in [0.15, 0.2) is 42.5 Å². The average Bonchev–Trinajstić information content (AvgIpc) is 2.55. The lowest BCUT2D eigenvalue weighted by molar-refractivity contribution is -0.385. The number of anilines is 1. The van der Waals surface area contributed by atoms with Gasteiger partial charge in [-0.3, -0.25) is 25.0 Å². The quantitative estimate of drug-likeness (QED) is 0.640. The van der Waals surface area contributed by atoms with Gasteiger partial charge < -0.3 is 10.1 Å². The summed E-state index contributed by atoms with van der Waals surface area (Å²) >= 11 is 0. The molecule has 0 spiro atoms. The van der Waals surface area contributed by atoms with Crippen molar-refractivity contribution in [1.82, 2.24) is 0 Å². The first kappa shape index (κ1) is 16.9. The van der Waals surface area contributed by atoms with Gasteiger partial charge in [-0.1, -0.05) is 12.1 Å². The first-order chi connectivity index (χ1) is 11.4. The second kappa shape index (κ2) is 7.18. The molecule has 0 fully saturated rings. The van der Waals surface area contributed by atoms with E-state index in [-0.39, 0.29) is 35.0 Å². The van der Waals surface area contributed by atoms with Crippen LogP contribution in [0, 0.1) is 20.2 Å². The zero-order valence-corrected chi connectivity index (χ0v) is 12.6. The third-order valence-electron chi connectivity index (χ3n) is 3.07. The molecule has 0 atom stereocenters. The largest absolute Gasteiger partial charge is 0.487 e. The first-order valence-electron chi connectivity index (χ1n) is 6.90. The Labute approximate surface area is 136 Å². The van der Waals surface area contributed by atoms with Gasteiger partial charge in [-0.2, -0.15) is 0 Å². The maximum Gasteiger partial charge on any atom is 0.311 e. The summed E-state index contributed by atoms with van der Waals surface area (Å²) in [7, 11) is 0. The Hall–Kier alpha value is -3.49. The molecule has 0 unspecified atom stereocenters. The SMILES string of the molecule is CCOc1ccc(C(=O)Nc2ccccc2[N+](=O)[O-])cc1[N+](=O)[O-]. The molecule has 1 N–H and O–H groups in total. The Morgan fingerprint density at radius 3 is 2.38 bits per heavy atom. The van der Waals surface area contributed by atoms with Crippen molar-refractivity contribution >= 4 is 23.0 Å². The van der Waals surface area contributed by atoms with Gasteiger partial charge in [0, 0.05) is 17.7 Å². The molecule has 0 heterocycles. The van der Waals surface area contributed by atoms with E-state index < -0.39 is 15.8 Å². The first-order valence-corrected chi connectivity index (χ1v) is 6.90. The van der Waals surface area contributed by atoms with E-state index in [9.17, 15) is 25.0 Å². The molecule has 0 aromatic heterocycles. The molecule has 2 aromatic carbocycles. The van der Waals surface area contributed by atoms with Crippen LogP contribution in [0.4, 0.5) is 17.1 Å². The average molecular weight is 331 g/mol. The molecule has 24 heavy (non-hydrogen) atoms. The van der Waals surface area contributed by atoms with Crippen molar-refractivity contribution < 1.29 is 19.4 Å². The molecule has 9 nitrogen and oxygen atoms in total. The van der Waals surface area contributed by atoms with E-state index in [1.54, 1.807) is 6.92 Å². The molecule has 124 valence electrons. The predicted octanol–water partition coefficient (Wildman–Crippen LogP) is 3.15. The predicted molar refractivity (Wildman–Crippen MR) is 85.3 cm³/mol. The van der Waals surface area contributed by atoms with E-state index in [0.717, 1.165) is 6.07 Å². The number of hydrogen-bond donors (Lipinski definition) is 1. The van der Waals surface area contributed by atoms with Crippen molar-refractivity contribution in [2.75, 3.05) is 11.9 Å². The summed E-state index contributed by atoms with van der Waals surface area (Å²) in [5.74, 6) is -0.653. The normalized spacial score (nSPS) is 10.0. The molecule has 2 aromatic rings. The number of para-hydroxylation sites is 2. The number of rotatable bonds is 6. The monoisotopic (exact) mass is 331 g/mol. The fourth-order valence-electron chi connectivity index (χ4n) is 2.01. The van der Waals surface area contributed by atoms with Crippen LogP contribution in [-0.2, 0) is 0 Å². The van der Waals surface area contributed by atoms with Crippen LogP contribution in [0.1, 0.15) is 17.3 Å². The van der Waals surface area contributed by atoms with Crippen molar-refractivity contribution in [2.45, 2.75) is 6.92 Å². The number of nitrogens with one attached hydrogen (secondary N) is 1. The minimum atomic E-state index is -0.699. The molecule has 0 aliphatic rings. The highest BCUT2D eigenvalue weighted by Gasteiger charge is 2.20. The summed E-state index contributed by atoms with van der Waals surface area (Å²) in [6.45, 7) is 1.92. The molecule has 0 radical (unpaired) electrons. The molecule has 2 rings (SSSR count). The molecule has 0 bridgehead atoms. The van der Waals surface area contributed by atoms with Crippen LogP contribution in [0.2, 0.25) is 0 Å². The van der Waals surface area contributed by atoms with Gasteiger partial charge in [-0.05, 0) is 25.1 Å². The van der Waals surface area contributed by atoms with E-state index in [0.29, 0.717) is 0 Å². The molecular formula is C15H13N3O6. The number of ether oxygens (including phenoxy) is 1. The van der Waals surface area contributed by atoms with Crippen LogP contribution in [0.25, 0.3) is 0 Å². The minimum absolute atomic E-state index is 0.00374. The zero-order chi connectivity index (χ0) is 17.7. The van der Waals surface area contributed by atoms with Crippen molar-refractivity contribution in [2.24, 2.45) is 0 Å². The number of hydrogen-bond acceptors (Lipinski definition) is 6. The van der Waals surface area contributed by atoms with Crippen molar-refractivity contribution in [1.29, 1.82) is 0 Å². The fourth-order valence-corrected chi connectivity index (χ4v) is 2.01. The number of carbonyl (C=O) groups excluding carboxylic acids is 1. The van der Waals surface area contributed by atoms with Gasteiger partial charge in [0.05, 0.1) is 16.5 Å². The molecular weight excluding hydrogens is 318 g/mol. The third-order valence-corrected chi connectivity index (χ3v) is 3.07. The van der Waals surface area contributed by atoms with Crippen molar-refractivity contribution in [3.05, 3.63) is 68.3 Å². The summed E-state index contributed by atoms with van der Waals surface area (Å²) in [6, 6.07) is 9.35. The van der Waals surface area contributed by atoms with Gasteiger partial charge in [0.25, 0.3) is 11.6 Å². The van der Waals surface area contributed by atoms with Crippen LogP contribution in [-0.4, -0.2) is 22.4 Å². The van der Waals surface area contributed by atoms with Gasteiger partial charge in [0.1, 0.15) is 5.69 Å². The Bertz CT molecular complexity index is 806. The highest BCUT2D eigenvalue weighted by molar-refractivity contribution is 6.05. The highest BCUT2D eigenvalue weighted by atomic mass is 16.6. The van der Waals surface area contributed by atoms with Gasteiger partial charge in [0.2, 0.25) is 0 Å². The number of carbonyl (C=O) groups is 1. The Morgan fingerprint density at radius 2 is 1.75 bits per heavy atom. The molecule has 9 heteroatoms. The van der Waals surface area contributed by atoms with E-state index in [2.05, 4.69) is 5.32 Å². The van der Waals surface area contributed by atoms with Gasteiger partial charge >= 0.3 is 5.69 Å². The fraction of sp³-hybridized carbons (Fsp3) is 0.133. The number of nitro groups is 2.